The molecule has 16 heavy (non-hydrogen) atoms. The minimum absolute atomic E-state index is 0.151. The van der Waals surface area contributed by atoms with Gasteiger partial charge in [-0.05, 0) is 24.3 Å². The highest BCUT2D eigenvalue weighted by Gasteiger charge is 2.18. The monoisotopic (exact) mass is 225 g/mol. The van der Waals surface area contributed by atoms with E-state index >= 15 is 0 Å². The van der Waals surface area contributed by atoms with Crippen molar-refractivity contribution < 1.29 is 0 Å². The average molecular weight is 225 g/mol. The highest BCUT2D eigenvalue weighted by molar-refractivity contribution is 7.45. The van der Waals surface area contributed by atoms with Crippen molar-refractivity contribution >= 4 is 20.6 Å². The van der Waals surface area contributed by atoms with Crippen molar-refractivity contribution in [2.24, 2.45) is 0 Å². The van der Waals surface area contributed by atoms with Gasteiger partial charge in [0, 0.05) is 28.8 Å². The Balaban J connectivity index is 2.35. The van der Waals surface area contributed by atoms with Gasteiger partial charge in [0.05, 0.1) is 0 Å². The summed E-state index contributed by atoms with van der Waals surface area (Å²) < 4.78 is 1.46. The lowest BCUT2D eigenvalue weighted by atomic mass is 10.2. The lowest BCUT2D eigenvalue weighted by Crippen LogP contribution is -1.69. The predicted molar refractivity (Wildman–Crippen MR) is 72.5 cm³/mol. The Morgan fingerprint density at radius 2 is 1.50 bits per heavy atom. The second-order valence-corrected chi connectivity index (χ2v) is 6.08. The van der Waals surface area contributed by atoms with Crippen LogP contribution in [0.15, 0.2) is 60.7 Å². The molecule has 0 fully saturated rings. The molecule has 0 spiro atoms. The maximum absolute atomic E-state index is 2.31. The van der Waals surface area contributed by atoms with Crippen LogP contribution in [0.1, 0.15) is 4.88 Å². The van der Waals surface area contributed by atoms with Crippen LogP contribution < -0.4 is 0 Å². The molecule has 0 radical (unpaired) electrons. The molecule has 0 saturated carbocycles. The number of aryl methyl sites for hydroxylation is 1. The number of fused-ring (bicyclic) bond motifs is 1. The van der Waals surface area contributed by atoms with Crippen LogP contribution >= 0.6 is 10.5 Å². The third-order valence-corrected chi connectivity index (χ3v) is 5.12. The fraction of sp³-hybridized carbons (Fsp3) is 0.0667. The fourth-order valence-electron chi connectivity index (χ4n) is 2.11. The van der Waals surface area contributed by atoms with Crippen LogP contribution in [0, 0.1) is 6.92 Å². The summed E-state index contributed by atoms with van der Waals surface area (Å²) in [6.45, 7) is 2.23. The normalized spacial score (nSPS) is 11.9. The van der Waals surface area contributed by atoms with E-state index in [1.165, 1.54) is 19.9 Å². The second-order valence-electron chi connectivity index (χ2n) is 3.91. The summed E-state index contributed by atoms with van der Waals surface area (Å²) >= 11 is 0. The van der Waals surface area contributed by atoms with Crippen molar-refractivity contribution in [2.75, 3.05) is 0 Å². The van der Waals surface area contributed by atoms with E-state index in [4.69, 9.17) is 0 Å². The van der Waals surface area contributed by atoms with Crippen LogP contribution in [0.25, 0.3) is 15.0 Å². The van der Waals surface area contributed by atoms with Gasteiger partial charge in [-0.1, -0.05) is 30.3 Å². The highest BCUT2D eigenvalue weighted by Crippen LogP contribution is 2.42. The van der Waals surface area contributed by atoms with Gasteiger partial charge in [-0.3, -0.25) is 0 Å². The molecule has 3 aromatic rings. The Morgan fingerprint density at radius 3 is 2.31 bits per heavy atom. The summed E-state index contributed by atoms with van der Waals surface area (Å²) in [7, 11) is 0.151. The Hall–Kier alpha value is -1.60. The lowest BCUT2D eigenvalue weighted by molar-refractivity contribution is 1.64. The molecule has 2 aromatic carbocycles. The number of rotatable bonds is 1. The van der Waals surface area contributed by atoms with Gasteiger partial charge in [-0.2, -0.15) is 0 Å². The molecule has 0 bridgehead atoms. The maximum atomic E-state index is 2.31. The Labute approximate surface area is 98.1 Å². The summed E-state index contributed by atoms with van der Waals surface area (Å²) in [4.78, 5) is 2.88. The lowest BCUT2D eigenvalue weighted by Gasteiger charge is -1.92. The molecule has 0 amide bonds. The third-order valence-electron chi connectivity index (χ3n) is 2.80. The van der Waals surface area contributed by atoms with E-state index in [0.717, 1.165) is 0 Å². The topological polar surface area (TPSA) is 0 Å². The summed E-state index contributed by atoms with van der Waals surface area (Å²) in [6, 6.07) is 21.8. The van der Waals surface area contributed by atoms with Crippen LogP contribution in [0.3, 0.4) is 0 Å². The van der Waals surface area contributed by atoms with Crippen molar-refractivity contribution in [3.63, 3.8) is 0 Å². The molecule has 0 aliphatic heterocycles. The Morgan fingerprint density at radius 1 is 0.812 bits per heavy atom. The quantitative estimate of drug-likeness (QED) is 0.517. The van der Waals surface area contributed by atoms with Gasteiger partial charge in [0.15, 0.2) is 14.5 Å². The molecule has 1 atom stereocenters. The van der Waals surface area contributed by atoms with Crippen LogP contribution in [0.5, 0.6) is 0 Å². The first-order valence-electron chi connectivity index (χ1n) is 5.43. The highest BCUT2D eigenvalue weighted by atomic mass is 32.2. The van der Waals surface area contributed by atoms with Crippen LogP contribution in [0.2, 0.25) is 0 Å². The van der Waals surface area contributed by atoms with Gasteiger partial charge in [0.25, 0.3) is 0 Å². The van der Waals surface area contributed by atoms with E-state index in [-0.39, 0.29) is 10.5 Å². The molecule has 1 aromatic heterocycles. The molecule has 1 heterocycles. The van der Waals surface area contributed by atoms with E-state index in [0.29, 0.717) is 0 Å². The van der Waals surface area contributed by atoms with Gasteiger partial charge in [-0.15, -0.1) is 0 Å². The Kier molecular flexibility index (Phi) is 2.26. The second kappa shape index (κ2) is 3.76. The van der Waals surface area contributed by atoms with Crippen molar-refractivity contribution in [3.8, 4) is 4.90 Å². The minimum atomic E-state index is 0.151. The van der Waals surface area contributed by atoms with Crippen LogP contribution in [0.4, 0.5) is 0 Å². The van der Waals surface area contributed by atoms with E-state index in [1.54, 1.807) is 0 Å². The fourth-order valence-corrected chi connectivity index (χ4v) is 4.33. The van der Waals surface area contributed by atoms with Gasteiger partial charge in [0.1, 0.15) is 0 Å². The summed E-state index contributed by atoms with van der Waals surface area (Å²) in [5.41, 5.74) is 0. The number of thiophene rings is 1. The van der Waals surface area contributed by atoms with E-state index < -0.39 is 0 Å². The van der Waals surface area contributed by atoms with Crippen molar-refractivity contribution in [2.45, 2.75) is 6.92 Å². The van der Waals surface area contributed by atoms with Gasteiger partial charge in [0.2, 0.25) is 0 Å². The smallest absolute Gasteiger partial charge is 0.0619 e. The molecule has 0 aliphatic rings. The summed E-state index contributed by atoms with van der Waals surface area (Å²) in [6.07, 6.45) is 0. The molecule has 0 nitrogen and oxygen atoms in total. The molecule has 0 aliphatic carbocycles. The van der Waals surface area contributed by atoms with Crippen LogP contribution in [-0.2, 0) is 0 Å². The van der Waals surface area contributed by atoms with Gasteiger partial charge < -0.3 is 0 Å². The average Bonchev–Trinajstić information content (AvgIpc) is 2.66. The molecule has 3 rings (SSSR count). The van der Waals surface area contributed by atoms with Crippen molar-refractivity contribution in [1.82, 2.24) is 0 Å². The molecular weight excluding hydrogens is 212 g/mol. The first-order chi connectivity index (χ1) is 7.86. The van der Waals surface area contributed by atoms with Crippen LogP contribution in [-0.4, -0.2) is 0 Å². The van der Waals surface area contributed by atoms with Gasteiger partial charge in [-0.25, -0.2) is 0 Å². The zero-order chi connectivity index (χ0) is 11.0. The van der Waals surface area contributed by atoms with E-state index in [1.807, 2.05) is 0 Å². The number of hydrogen-bond acceptors (Lipinski definition) is 0. The third kappa shape index (κ3) is 1.44. The van der Waals surface area contributed by atoms with E-state index in [9.17, 15) is 0 Å². The number of benzene rings is 2. The molecule has 0 saturated heterocycles. The standard InChI is InChI=1S/C15H13S/c1-12-11-13-7-5-6-10-15(13)16(12)14-8-3-2-4-9-14/h2-11H,1H3/q+1. The summed E-state index contributed by atoms with van der Waals surface area (Å²) in [5, 5.41) is 1.38. The molecule has 0 N–H and O–H groups in total. The molecule has 1 heteroatoms. The van der Waals surface area contributed by atoms with Crippen molar-refractivity contribution in [1.29, 1.82) is 0 Å². The van der Waals surface area contributed by atoms with Crippen molar-refractivity contribution in [3.05, 3.63) is 65.5 Å². The van der Waals surface area contributed by atoms with E-state index in [2.05, 4.69) is 67.6 Å². The predicted octanol–water partition coefficient (Wildman–Crippen LogP) is 4.89. The molecule has 78 valence electrons. The zero-order valence-electron chi connectivity index (χ0n) is 9.18. The SMILES string of the molecule is Cc1cc2ccccc2[s+]1-c1ccccc1. The number of hydrogen-bond donors (Lipinski definition) is 0. The summed E-state index contributed by atoms with van der Waals surface area (Å²) in [5.74, 6) is 0. The molecular formula is C15H13S+. The van der Waals surface area contributed by atoms with Gasteiger partial charge >= 0.3 is 0 Å². The Bertz CT molecular complexity index is 620. The molecule has 1 unspecified atom stereocenters. The largest absolute Gasteiger partial charge is 0.186 e. The first kappa shape index (κ1) is 9.61. The maximum Gasteiger partial charge on any atom is 0.186 e. The first-order valence-corrected chi connectivity index (χ1v) is 6.65. The minimum Gasteiger partial charge on any atom is -0.0619 e. The zero-order valence-corrected chi connectivity index (χ0v) is 10.00.